The highest BCUT2D eigenvalue weighted by Gasteiger charge is 2.33. The molecule has 1 saturated carbocycles. The molecule has 114 valence electrons. The number of fused-ring (bicyclic) bond motifs is 1. The summed E-state index contributed by atoms with van der Waals surface area (Å²) in [6.07, 6.45) is 2.83. The molecule has 1 aromatic carbocycles. The molecule has 0 saturated heterocycles. The van der Waals surface area contributed by atoms with Gasteiger partial charge < -0.3 is 14.0 Å². The van der Waals surface area contributed by atoms with Gasteiger partial charge in [-0.1, -0.05) is 0 Å². The molecule has 0 N–H and O–H groups in total. The second-order valence-electron chi connectivity index (χ2n) is 5.30. The quantitative estimate of drug-likeness (QED) is 0.795. The molecule has 0 aliphatic heterocycles. The first-order valence-electron chi connectivity index (χ1n) is 7.01. The number of rotatable bonds is 5. The van der Waals surface area contributed by atoms with Gasteiger partial charge in [0, 0.05) is 37.6 Å². The minimum absolute atomic E-state index is 0.240. The lowest BCUT2D eigenvalue weighted by Gasteiger charge is -2.36. The fourth-order valence-corrected chi connectivity index (χ4v) is 3.08. The number of imidazole rings is 1. The largest absolute Gasteiger partial charge is 0.494 e. The van der Waals surface area contributed by atoms with Gasteiger partial charge in [-0.25, -0.2) is 9.37 Å². The molecule has 0 amide bonds. The van der Waals surface area contributed by atoms with Crippen molar-refractivity contribution in [2.45, 2.75) is 31.4 Å². The molecule has 3 rings (SSSR count). The van der Waals surface area contributed by atoms with Crippen LogP contribution in [0.4, 0.5) is 4.39 Å². The summed E-state index contributed by atoms with van der Waals surface area (Å²) in [5.74, 6) is 1.23. The summed E-state index contributed by atoms with van der Waals surface area (Å²) in [5, 5.41) is 0. The molecular formula is C15H18ClFN2O2. The molecule has 1 heterocycles. The molecule has 1 aliphatic rings. The first-order valence-corrected chi connectivity index (χ1v) is 7.54. The highest BCUT2D eigenvalue weighted by Crippen LogP contribution is 2.38. The van der Waals surface area contributed by atoms with E-state index in [2.05, 4.69) is 9.55 Å². The molecule has 1 aliphatic carbocycles. The van der Waals surface area contributed by atoms with Gasteiger partial charge in [0.25, 0.3) is 0 Å². The third kappa shape index (κ3) is 2.49. The van der Waals surface area contributed by atoms with Gasteiger partial charge in [-0.3, -0.25) is 0 Å². The summed E-state index contributed by atoms with van der Waals surface area (Å²) in [4.78, 5) is 4.53. The summed E-state index contributed by atoms with van der Waals surface area (Å²) in [6.45, 7) is 0. The zero-order chi connectivity index (χ0) is 15.0. The monoisotopic (exact) mass is 312 g/mol. The van der Waals surface area contributed by atoms with Gasteiger partial charge >= 0.3 is 0 Å². The second kappa shape index (κ2) is 5.81. The molecular weight excluding hydrogens is 295 g/mol. The van der Waals surface area contributed by atoms with Crippen molar-refractivity contribution < 1.29 is 13.9 Å². The van der Waals surface area contributed by atoms with Crippen LogP contribution in [0.3, 0.4) is 0 Å². The van der Waals surface area contributed by atoms with E-state index in [1.165, 1.54) is 13.2 Å². The molecule has 0 radical (unpaired) electrons. The number of benzene rings is 1. The SMILES string of the molecule is COc1cc2c(cc1F)nc(CCCl)n2C1CC(OC)C1. The number of ether oxygens (including phenoxy) is 2. The van der Waals surface area contributed by atoms with E-state index < -0.39 is 5.82 Å². The fourth-order valence-electron chi connectivity index (χ4n) is 2.91. The Labute approximate surface area is 127 Å². The minimum atomic E-state index is -0.393. The van der Waals surface area contributed by atoms with Crippen LogP contribution in [0.5, 0.6) is 5.75 Å². The standard InChI is InChI=1S/C15H18ClFN2O2/c1-20-10-5-9(6-10)19-13-8-14(21-2)11(17)7-12(13)18-15(19)3-4-16/h7-10H,3-6H2,1-2H3. The highest BCUT2D eigenvalue weighted by molar-refractivity contribution is 6.17. The Bertz CT molecular complexity index is 653. The number of hydrogen-bond acceptors (Lipinski definition) is 3. The molecule has 0 bridgehead atoms. The molecule has 0 unspecified atom stereocenters. The fraction of sp³-hybridized carbons (Fsp3) is 0.533. The molecule has 0 spiro atoms. The number of aryl methyl sites for hydroxylation is 1. The van der Waals surface area contributed by atoms with Crippen LogP contribution in [0.1, 0.15) is 24.7 Å². The van der Waals surface area contributed by atoms with E-state index in [1.807, 2.05) is 0 Å². The van der Waals surface area contributed by atoms with Crippen molar-refractivity contribution in [3.63, 3.8) is 0 Å². The number of aromatic nitrogens is 2. The average molecular weight is 313 g/mol. The smallest absolute Gasteiger partial charge is 0.167 e. The maximum Gasteiger partial charge on any atom is 0.167 e. The Kier molecular flexibility index (Phi) is 4.04. The number of alkyl halides is 1. The molecule has 21 heavy (non-hydrogen) atoms. The van der Waals surface area contributed by atoms with Crippen LogP contribution in [0.25, 0.3) is 11.0 Å². The van der Waals surface area contributed by atoms with Gasteiger partial charge in [-0.15, -0.1) is 11.6 Å². The Morgan fingerprint density at radius 1 is 1.38 bits per heavy atom. The van der Waals surface area contributed by atoms with Gasteiger partial charge in [0.05, 0.1) is 24.2 Å². The topological polar surface area (TPSA) is 36.3 Å². The lowest BCUT2D eigenvalue weighted by molar-refractivity contribution is 0.00663. The highest BCUT2D eigenvalue weighted by atomic mass is 35.5. The van der Waals surface area contributed by atoms with E-state index in [9.17, 15) is 4.39 Å². The maximum absolute atomic E-state index is 13.8. The average Bonchev–Trinajstić information content (AvgIpc) is 2.75. The molecule has 1 aromatic heterocycles. The molecule has 1 fully saturated rings. The lowest BCUT2D eigenvalue weighted by atomic mass is 9.88. The van der Waals surface area contributed by atoms with E-state index >= 15 is 0 Å². The normalized spacial score (nSPS) is 21.5. The van der Waals surface area contributed by atoms with Crippen molar-refractivity contribution in [2.75, 3.05) is 20.1 Å². The minimum Gasteiger partial charge on any atom is -0.494 e. The van der Waals surface area contributed by atoms with Crippen LogP contribution in [-0.2, 0) is 11.2 Å². The third-order valence-electron chi connectivity index (χ3n) is 4.12. The van der Waals surface area contributed by atoms with Gasteiger partial charge in [0.15, 0.2) is 11.6 Å². The zero-order valence-corrected chi connectivity index (χ0v) is 12.9. The van der Waals surface area contributed by atoms with E-state index in [1.54, 1.807) is 13.2 Å². The Balaban J connectivity index is 2.07. The second-order valence-corrected chi connectivity index (χ2v) is 5.67. The number of hydrogen-bond donors (Lipinski definition) is 0. The Morgan fingerprint density at radius 2 is 2.14 bits per heavy atom. The lowest BCUT2D eigenvalue weighted by Crippen LogP contribution is -2.33. The molecule has 6 heteroatoms. The van der Waals surface area contributed by atoms with Crippen molar-refractivity contribution >= 4 is 22.6 Å². The first-order chi connectivity index (χ1) is 10.2. The van der Waals surface area contributed by atoms with Crippen molar-refractivity contribution in [2.24, 2.45) is 0 Å². The maximum atomic E-state index is 13.8. The van der Waals surface area contributed by atoms with Crippen molar-refractivity contribution in [1.82, 2.24) is 9.55 Å². The van der Waals surface area contributed by atoms with Crippen molar-refractivity contribution in [3.8, 4) is 5.75 Å². The summed E-state index contributed by atoms with van der Waals surface area (Å²) in [5.41, 5.74) is 1.54. The van der Waals surface area contributed by atoms with Gasteiger partial charge in [0.2, 0.25) is 0 Å². The van der Waals surface area contributed by atoms with Crippen LogP contribution >= 0.6 is 11.6 Å². The van der Waals surface area contributed by atoms with Gasteiger partial charge in [0.1, 0.15) is 5.82 Å². The number of halogens is 2. The van der Waals surface area contributed by atoms with Crippen LogP contribution < -0.4 is 4.74 Å². The predicted molar refractivity (Wildman–Crippen MR) is 79.7 cm³/mol. The van der Waals surface area contributed by atoms with Crippen LogP contribution in [0.15, 0.2) is 12.1 Å². The van der Waals surface area contributed by atoms with E-state index in [-0.39, 0.29) is 5.75 Å². The predicted octanol–water partition coefficient (Wildman–Crippen LogP) is 3.32. The summed E-state index contributed by atoms with van der Waals surface area (Å²) >= 11 is 5.87. The third-order valence-corrected chi connectivity index (χ3v) is 4.31. The van der Waals surface area contributed by atoms with Crippen LogP contribution in [0.2, 0.25) is 0 Å². The van der Waals surface area contributed by atoms with Crippen LogP contribution in [0, 0.1) is 5.82 Å². The van der Waals surface area contributed by atoms with Crippen molar-refractivity contribution in [3.05, 3.63) is 23.8 Å². The van der Waals surface area contributed by atoms with Gasteiger partial charge in [-0.2, -0.15) is 0 Å². The molecule has 4 nitrogen and oxygen atoms in total. The number of methoxy groups -OCH3 is 2. The Morgan fingerprint density at radius 3 is 2.76 bits per heavy atom. The van der Waals surface area contributed by atoms with E-state index in [0.29, 0.717) is 30.0 Å². The Hall–Kier alpha value is -1.33. The zero-order valence-electron chi connectivity index (χ0n) is 12.1. The van der Waals surface area contributed by atoms with Gasteiger partial charge in [-0.05, 0) is 12.8 Å². The van der Waals surface area contributed by atoms with Crippen molar-refractivity contribution in [1.29, 1.82) is 0 Å². The summed E-state index contributed by atoms with van der Waals surface area (Å²) in [6, 6.07) is 3.47. The number of nitrogens with zero attached hydrogens (tertiary/aromatic N) is 2. The summed E-state index contributed by atoms with van der Waals surface area (Å²) in [7, 11) is 3.19. The first kappa shape index (κ1) is 14.6. The summed E-state index contributed by atoms with van der Waals surface area (Å²) < 4.78 is 26.4. The van der Waals surface area contributed by atoms with E-state index in [0.717, 1.165) is 24.2 Å². The van der Waals surface area contributed by atoms with E-state index in [4.69, 9.17) is 21.1 Å². The van der Waals surface area contributed by atoms with Crippen LogP contribution in [-0.4, -0.2) is 35.8 Å². The molecule has 2 aromatic rings. The molecule has 0 atom stereocenters.